The maximum absolute atomic E-state index is 12.2. The number of halogens is 1. The van der Waals surface area contributed by atoms with Crippen molar-refractivity contribution in [3.63, 3.8) is 0 Å². The fourth-order valence-corrected chi connectivity index (χ4v) is 1.61. The van der Waals surface area contributed by atoms with Crippen LogP contribution in [0.15, 0.2) is 24.3 Å². The zero-order valence-electron chi connectivity index (χ0n) is 11.8. The van der Waals surface area contributed by atoms with E-state index in [1.54, 1.807) is 45.2 Å². The van der Waals surface area contributed by atoms with Crippen LogP contribution in [-0.2, 0) is 14.3 Å². The van der Waals surface area contributed by atoms with Crippen LogP contribution in [0, 0.1) is 5.41 Å². The van der Waals surface area contributed by atoms with E-state index in [1.165, 1.54) is 0 Å². The van der Waals surface area contributed by atoms with Gasteiger partial charge >= 0.3 is 0 Å². The molecule has 0 aliphatic rings. The van der Waals surface area contributed by atoms with E-state index in [0.717, 1.165) is 0 Å². The molecule has 5 nitrogen and oxygen atoms in total. The van der Waals surface area contributed by atoms with Gasteiger partial charge in [-0.05, 0) is 26.0 Å². The first-order valence-corrected chi connectivity index (χ1v) is 6.60. The van der Waals surface area contributed by atoms with Crippen molar-refractivity contribution in [3.05, 3.63) is 29.3 Å². The molecule has 1 aromatic carbocycles. The largest absolute Gasteiger partial charge is 0.383 e. The van der Waals surface area contributed by atoms with Gasteiger partial charge in [0.05, 0.1) is 17.3 Å². The molecular weight excluding hydrogens is 280 g/mol. The van der Waals surface area contributed by atoms with Crippen LogP contribution in [0.25, 0.3) is 0 Å². The van der Waals surface area contributed by atoms with Gasteiger partial charge in [0.25, 0.3) is 0 Å². The van der Waals surface area contributed by atoms with Gasteiger partial charge in [-0.25, -0.2) is 0 Å². The summed E-state index contributed by atoms with van der Waals surface area (Å²) in [4.78, 5) is 24.2. The molecule has 0 saturated heterocycles. The normalized spacial score (nSPS) is 11.0. The number of anilines is 1. The van der Waals surface area contributed by atoms with Crippen LogP contribution >= 0.6 is 11.6 Å². The summed E-state index contributed by atoms with van der Waals surface area (Å²) in [6.07, 6.45) is 0. The highest BCUT2D eigenvalue weighted by molar-refractivity contribution is 6.33. The Labute approximate surface area is 123 Å². The summed E-state index contributed by atoms with van der Waals surface area (Å²) in [6, 6.07) is 6.87. The summed E-state index contributed by atoms with van der Waals surface area (Å²) in [6.45, 7) is 3.87. The van der Waals surface area contributed by atoms with Crippen molar-refractivity contribution in [1.29, 1.82) is 0 Å². The summed E-state index contributed by atoms with van der Waals surface area (Å²) in [5.74, 6) is -0.778. The number of carbonyl (C=O) groups is 2. The zero-order valence-corrected chi connectivity index (χ0v) is 12.6. The topological polar surface area (TPSA) is 67.4 Å². The number of hydrogen-bond donors (Lipinski definition) is 2. The van der Waals surface area contributed by atoms with Crippen LogP contribution in [-0.4, -0.2) is 32.1 Å². The molecule has 0 aromatic heterocycles. The summed E-state index contributed by atoms with van der Waals surface area (Å²) in [5, 5.41) is 5.73. The molecule has 1 rings (SSSR count). The number of methoxy groups -OCH3 is 1. The Morgan fingerprint density at radius 3 is 2.50 bits per heavy atom. The lowest BCUT2D eigenvalue weighted by atomic mass is 9.91. The lowest BCUT2D eigenvalue weighted by Gasteiger charge is -2.23. The highest BCUT2D eigenvalue weighted by atomic mass is 35.5. The Kier molecular flexibility index (Phi) is 5.98. The Bertz CT molecular complexity index is 489. The number of para-hydroxylation sites is 1. The van der Waals surface area contributed by atoms with Gasteiger partial charge in [0.1, 0.15) is 5.41 Å². The van der Waals surface area contributed by atoms with E-state index in [9.17, 15) is 9.59 Å². The monoisotopic (exact) mass is 298 g/mol. The standard InChI is InChI=1S/C14H19ClN2O3/c1-14(2,12(18)16-8-9-20-3)13(19)17-11-7-5-4-6-10(11)15/h4-7H,8-9H2,1-3H3,(H,16,18)(H,17,19). The molecule has 0 spiro atoms. The van der Waals surface area contributed by atoms with E-state index >= 15 is 0 Å². The van der Waals surface area contributed by atoms with Gasteiger partial charge < -0.3 is 15.4 Å². The van der Waals surface area contributed by atoms with Crippen molar-refractivity contribution in [3.8, 4) is 0 Å². The second-order valence-electron chi connectivity index (χ2n) is 4.81. The van der Waals surface area contributed by atoms with Crippen molar-refractivity contribution in [2.45, 2.75) is 13.8 Å². The Morgan fingerprint density at radius 2 is 1.90 bits per heavy atom. The van der Waals surface area contributed by atoms with E-state index in [0.29, 0.717) is 23.9 Å². The van der Waals surface area contributed by atoms with Gasteiger partial charge in [-0.2, -0.15) is 0 Å². The molecule has 1 aromatic rings. The molecule has 20 heavy (non-hydrogen) atoms. The van der Waals surface area contributed by atoms with Crippen LogP contribution in [0.3, 0.4) is 0 Å². The fraction of sp³-hybridized carbons (Fsp3) is 0.429. The molecule has 2 amide bonds. The predicted molar refractivity (Wildman–Crippen MR) is 78.7 cm³/mol. The van der Waals surface area contributed by atoms with Crippen molar-refractivity contribution in [2.75, 3.05) is 25.6 Å². The number of benzene rings is 1. The van der Waals surface area contributed by atoms with Crippen LogP contribution in [0.4, 0.5) is 5.69 Å². The predicted octanol–water partition coefficient (Wildman–Crippen LogP) is 2.07. The molecule has 0 atom stereocenters. The van der Waals surface area contributed by atoms with Gasteiger partial charge in [0.15, 0.2) is 0 Å². The average molecular weight is 299 g/mol. The van der Waals surface area contributed by atoms with Crippen molar-refractivity contribution >= 4 is 29.1 Å². The van der Waals surface area contributed by atoms with Crippen LogP contribution in [0.2, 0.25) is 5.02 Å². The van der Waals surface area contributed by atoms with Crippen LogP contribution < -0.4 is 10.6 Å². The van der Waals surface area contributed by atoms with Gasteiger partial charge in [-0.1, -0.05) is 23.7 Å². The Balaban J connectivity index is 2.69. The molecule has 0 saturated carbocycles. The van der Waals surface area contributed by atoms with Gasteiger partial charge in [-0.15, -0.1) is 0 Å². The van der Waals surface area contributed by atoms with Crippen LogP contribution in [0.1, 0.15) is 13.8 Å². The maximum atomic E-state index is 12.2. The van der Waals surface area contributed by atoms with E-state index in [4.69, 9.17) is 16.3 Å². The number of nitrogens with one attached hydrogen (secondary N) is 2. The first-order chi connectivity index (χ1) is 9.39. The number of ether oxygens (including phenoxy) is 1. The highest BCUT2D eigenvalue weighted by Gasteiger charge is 2.36. The van der Waals surface area contributed by atoms with Crippen LogP contribution in [0.5, 0.6) is 0 Å². The SMILES string of the molecule is COCCNC(=O)C(C)(C)C(=O)Nc1ccccc1Cl. The Hall–Kier alpha value is -1.59. The average Bonchev–Trinajstić information content (AvgIpc) is 2.41. The van der Waals surface area contributed by atoms with Crippen molar-refractivity contribution in [2.24, 2.45) is 5.41 Å². The second kappa shape index (κ2) is 7.26. The molecular formula is C14H19ClN2O3. The fourth-order valence-electron chi connectivity index (χ4n) is 1.43. The van der Waals surface area contributed by atoms with Gasteiger partial charge in [-0.3, -0.25) is 9.59 Å². The highest BCUT2D eigenvalue weighted by Crippen LogP contribution is 2.24. The lowest BCUT2D eigenvalue weighted by molar-refractivity contribution is -0.138. The summed E-state index contributed by atoms with van der Waals surface area (Å²) < 4.78 is 4.84. The lowest BCUT2D eigenvalue weighted by Crippen LogP contribution is -2.46. The first-order valence-electron chi connectivity index (χ1n) is 6.23. The number of hydrogen-bond acceptors (Lipinski definition) is 3. The van der Waals surface area contributed by atoms with Gasteiger partial charge in [0.2, 0.25) is 11.8 Å². The third-order valence-corrected chi connectivity index (χ3v) is 3.18. The minimum absolute atomic E-state index is 0.359. The summed E-state index contributed by atoms with van der Waals surface area (Å²) in [7, 11) is 1.54. The molecule has 0 fully saturated rings. The summed E-state index contributed by atoms with van der Waals surface area (Å²) >= 11 is 5.97. The van der Waals surface area contributed by atoms with E-state index < -0.39 is 11.3 Å². The maximum Gasteiger partial charge on any atom is 0.239 e. The van der Waals surface area contributed by atoms with E-state index in [2.05, 4.69) is 10.6 Å². The first kappa shape index (κ1) is 16.5. The third-order valence-electron chi connectivity index (χ3n) is 2.85. The summed E-state index contributed by atoms with van der Waals surface area (Å²) in [5.41, 5.74) is -0.718. The van der Waals surface area contributed by atoms with Gasteiger partial charge in [0, 0.05) is 13.7 Å². The number of amides is 2. The quantitative estimate of drug-likeness (QED) is 0.624. The van der Waals surface area contributed by atoms with Crippen molar-refractivity contribution < 1.29 is 14.3 Å². The number of carbonyl (C=O) groups excluding carboxylic acids is 2. The minimum Gasteiger partial charge on any atom is -0.383 e. The molecule has 110 valence electrons. The molecule has 6 heteroatoms. The molecule has 0 bridgehead atoms. The molecule has 0 unspecified atom stereocenters. The smallest absolute Gasteiger partial charge is 0.239 e. The van der Waals surface area contributed by atoms with E-state index in [-0.39, 0.29) is 5.91 Å². The zero-order chi connectivity index (χ0) is 15.2. The molecule has 2 N–H and O–H groups in total. The Morgan fingerprint density at radius 1 is 1.25 bits per heavy atom. The molecule has 0 aliphatic carbocycles. The molecule has 0 heterocycles. The third kappa shape index (κ3) is 4.21. The molecule has 0 aliphatic heterocycles. The van der Waals surface area contributed by atoms with E-state index in [1.807, 2.05) is 0 Å². The minimum atomic E-state index is -1.20. The second-order valence-corrected chi connectivity index (χ2v) is 5.21. The van der Waals surface area contributed by atoms with Crippen molar-refractivity contribution in [1.82, 2.24) is 5.32 Å². The molecule has 0 radical (unpaired) electrons. The number of rotatable bonds is 6.